The molecule has 0 rings (SSSR count). The van der Waals surface area contributed by atoms with Crippen molar-refractivity contribution in [3.63, 3.8) is 0 Å². The van der Waals surface area contributed by atoms with Crippen LogP contribution in [0.1, 0.15) is 20.8 Å². The van der Waals surface area contributed by atoms with Gasteiger partial charge < -0.3 is 20.2 Å². The summed E-state index contributed by atoms with van der Waals surface area (Å²) in [5, 5.41) is 11.4. The third-order valence-electron chi connectivity index (χ3n) is 2.26. The van der Waals surface area contributed by atoms with E-state index >= 15 is 0 Å². The molecule has 2 N–H and O–H groups in total. The van der Waals surface area contributed by atoms with Crippen molar-refractivity contribution in [1.82, 2.24) is 15.1 Å². The number of carbonyl (C=O) groups is 3. The van der Waals surface area contributed by atoms with Crippen molar-refractivity contribution in [1.29, 1.82) is 0 Å². The van der Waals surface area contributed by atoms with E-state index < -0.39 is 12.0 Å². The Morgan fingerprint density at radius 1 is 1.21 bits per heavy atom. The molecule has 0 aliphatic rings. The number of hydrogen-bond donors (Lipinski definition) is 2. The molecule has 19 heavy (non-hydrogen) atoms. The third-order valence-corrected chi connectivity index (χ3v) is 2.26. The number of likely N-dealkylation sites (N-methyl/N-ethyl adjacent to an activating group) is 2. The maximum atomic E-state index is 12.1. The van der Waals surface area contributed by atoms with Gasteiger partial charge in [0.25, 0.3) is 0 Å². The summed E-state index contributed by atoms with van der Waals surface area (Å²) in [7, 11) is 1.48. The van der Waals surface area contributed by atoms with Crippen LogP contribution in [0.3, 0.4) is 0 Å². The van der Waals surface area contributed by atoms with Crippen molar-refractivity contribution in [3.05, 3.63) is 0 Å². The molecular weight excluding hydrogens is 250 g/mol. The molecule has 110 valence electrons. The van der Waals surface area contributed by atoms with E-state index in [-0.39, 0.29) is 24.9 Å². The molecule has 0 fully saturated rings. The van der Waals surface area contributed by atoms with Gasteiger partial charge in [0, 0.05) is 20.1 Å². The lowest BCUT2D eigenvalue weighted by Crippen LogP contribution is -2.48. The molecule has 0 saturated heterocycles. The maximum absolute atomic E-state index is 12.1. The van der Waals surface area contributed by atoms with Gasteiger partial charge in [-0.3, -0.25) is 9.59 Å². The summed E-state index contributed by atoms with van der Waals surface area (Å²) in [6, 6.07) is -0.456. The van der Waals surface area contributed by atoms with E-state index in [0.717, 1.165) is 0 Å². The van der Waals surface area contributed by atoms with Gasteiger partial charge in [-0.1, -0.05) is 13.8 Å². The molecule has 0 aromatic heterocycles. The van der Waals surface area contributed by atoms with Gasteiger partial charge in [0.05, 0.1) is 0 Å². The van der Waals surface area contributed by atoms with Crippen molar-refractivity contribution in [2.75, 3.05) is 33.2 Å². The quantitative estimate of drug-likeness (QED) is 0.694. The topological polar surface area (TPSA) is 90.0 Å². The first kappa shape index (κ1) is 17.2. The highest BCUT2D eigenvalue weighted by molar-refractivity contribution is 5.85. The molecule has 7 heteroatoms. The molecule has 0 radical (unpaired) electrons. The van der Waals surface area contributed by atoms with E-state index in [2.05, 4.69) is 5.32 Å². The fourth-order valence-corrected chi connectivity index (χ4v) is 1.59. The van der Waals surface area contributed by atoms with Gasteiger partial charge in [0.1, 0.15) is 13.1 Å². The lowest BCUT2D eigenvalue weighted by molar-refractivity contribution is -0.137. The zero-order valence-electron chi connectivity index (χ0n) is 12.0. The highest BCUT2D eigenvalue weighted by Gasteiger charge is 2.22. The predicted octanol–water partition coefficient (Wildman–Crippen LogP) is 0.217. The number of aliphatic carboxylic acids is 1. The first-order valence-electron chi connectivity index (χ1n) is 6.26. The molecule has 3 amide bonds. The van der Waals surface area contributed by atoms with Gasteiger partial charge in [-0.05, 0) is 12.8 Å². The van der Waals surface area contributed by atoms with Crippen LogP contribution in [-0.2, 0) is 9.59 Å². The number of carboxylic acid groups (broad SMARTS) is 1. The molecule has 0 bridgehead atoms. The Hall–Kier alpha value is -1.79. The summed E-state index contributed by atoms with van der Waals surface area (Å²) in [6.07, 6.45) is 0. The molecule has 0 aromatic carbocycles. The number of carbonyl (C=O) groups excluding carboxylic acids is 2. The Bertz CT molecular complexity index is 331. The number of carboxylic acids is 1. The summed E-state index contributed by atoms with van der Waals surface area (Å²) < 4.78 is 0. The average molecular weight is 273 g/mol. The van der Waals surface area contributed by atoms with Gasteiger partial charge in [-0.15, -0.1) is 0 Å². The second-order valence-electron chi connectivity index (χ2n) is 4.76. The zero-order valence-corrected chi connectivity index (χ0v) is 12.0. The van der Waals surface area contributed by atoms with Crippen molar-refractivity contribution >= 4 is 17.9 Å². The maximum Gasteiger partial charge on any atom is 0.323 e. The van der Waals surface area contributed by atoms with Crippen molar-refractivity contribution < 1.29 is 19.5 Å². The van der Waals surface area contributed by atoms with Crippen molar-refractivity contribution in [2.24, 2.45) is 5.92 Å². The number of urea groups is 1. The average Bonchev–Trinajstić information content (AvgIpc) is 2.25. The number of nitrogens with one attached hydrogen (secondary N) is 1. The predicted molar refractivity (Wildman–Crippen MR) is 70.8 cm³/mol. The standard InChI is InChI=1S/C12H23N3O4/c1-5-13-10(16)7-14(4)12(19)15(6-9(2)3)8-11(17)18/h9H,5-8H2,1-4H3,(H,13,16)(H,17,18). The molecule has 0 spiro atoms. The minimum Gasteiger partial charge on any atom is -0.480 e. The van der Waals surface area contributed by atoms with Gasteiger partial charge >= 0.3 is 12.0 Å². The molecular formula is C12H23N3O4. The van der Waals surface area contributed by atoms with Crippen LogP contribution < -0.4 is 5.32 Å². The van der Waals surface area contributed by atoms with E-state index in [1.807, 2.05) is 13.8 Å². The molecule has 0 saturated carbocycles. The van der Waals surface area contributed by atoms with E-state index in [1.54, 1.807) is 6.92 Å². The Morgan fingerprint density at radius 3 is 2.21 bits per heavy atom. The van der Waals surface area contributed by atoms with Gasteiger partial charge in [0.15, 0.2) is 0 Å². The van der Waals surface area contributed by atoms with E-state index in [4.69, 9.17) is 5.11 Å². The summed E-state index contributed by atoms with van der Waals surface area (Å²) in [5.74, 6) is -1.18. The molecule has 0 heterocycles. The molecule has 7 nitrogen and oxygen atoms in total. The van der Waals surface area contributed by atoms with Crippen LogP contribution in [-0.4, -0.2) is 66.0 Å². The lowest BCUT2D eigenvalue weighted by Gasteiger charge is -2.27. The van der Waals surface area contributed by atoms with Crippen LogP contribution in [0, 0.1) is 5.92 Å². The van der Waals surface area contributed by atoms with Crippen LogP contribution in [0.25, 0.3) is 0 Å². The lowest BCUT2D eigenvalue weighted by atomic mass is 10.2. The van der Waals surface area contributed by atoms with Crippen LogP contribution in [0.15, 0.2) is 0 Å². The van der Waals surface area contributed by atoms with Crippen LogP contribution in [0.2, 0.25) is 0 Å². The second-order valence-corrected chi connectivity index (χ2v) is 4.76. The summed E-state index contributed by atoms with van der Waals surface area (Å²) in [4.78, 5) is 36.6. The number of hydrogen-bond acceptors (Lipinski definition) is 3. The summed E-state index contributed by atoms with van der Waals surface area (Å²) in [6.45, 7) is 5.96. The van der Waals surface area contributed by atoms with Crippen LogP contribution >= 0.6 is 0 Å². The smallest absolute Gasteiger partial charge is 0.323 e. The normalized spacial score (nSPS) is 10.2. The molecule has 0 unspecified atom stereocenters. The second kappa shape index (κ2) is 8.34. The Morgan fingerprint density at radius 2 is 1.79 bits per heavy atom. The monoisotopic (exact) mass is 273 g/mol. The SMILES string of the molecule is CCNC(=O)CN(C)C(=O)N(CC(=O)O)CC(C)C. The van der Waals surface area contributed by atoms with E-state index in [0.29, 0.717) is 13.1 Å². The van der Waals surface area contributed by atoms with E-state index in [9.17, 15) is 14.4 Å². The van der Waals surface area contributed by atoms with E-state index in [1.165, 1.54) is 16.8 Å². The summed E-state index contributed by atoms with van der Waals surface area (Å²) in [5.41, 5.74) is 0. The Kier molecular flexibility index (Phi) is 7.55. The molecule has 0 atom stereocenters. The minimum atomic E-state index is -1.07. The summed E-state index contributed by atoms with van der Waals surface area (Å²) >= 11 is 0. The zero-order chi connectivity index (χ0) is 15.0. The van der Waals surface area contributed by atoms with Crippen LogP contribution in [0.5, 0.6) is 0 Å². The van der Waals surface area contributed by atoms with Crippen molar-refractivity contribution in [3.8, 4) is 0 Å². The van der Waals surface area contributed by atoms with Gasteiger partial charge in [-0.25, -0.2) is 4.79 Å². The number of amides is 3. The first-order valence-corrected chi connectivity index (χ1v) is 6.26. The molecule has 0 aliphatic carbocycles. The minimum absolute atomic E-state index is 0.0825. The van der Waals surface area contributed by atoms with Crippen LogP contribution in [0.4, 0.5) is 4.79 Å². The van der Waals surface area contributed by atoms with Gasteiger partial charge in [0.2, 0.25) is 5.91 Å². The fraction of sp³-hybridized carbons (Fsp3) is 0.750. The largest absolute Gasteiger partial charge is 0.480 e. The number of nitrogens with zero attached hydrogens (tertiary/aromatic N) is 2. The molecule has 0 aromatic rings. The molecule has 0 aliphatic heterocycles. The Balaban J connectivity index is 4.59. The fourth-order valence-electron chi connectivity index (χ4n) is 1.59. The van der Waals surface area contributed by atoms with Gasteiger partial charge in [-0.2, -0.15) is 0 Å². The number of rotatable bonds is 7. The van der Waals surface area contributed by atoms with Crippen molar-refractivity contribution in [2.45, 2.75) is 20.8 Å². The highest BCUT2D eigenvalue weighted by atomic mass is 16.4. The Labute approximate surface area is 113 Å². The third kappa shape index (κ3) is 7.28. The first-order chi connectivity index (χ1) is 8.77. The highest BCUT2D eigenvalue weighted by Crippen LogP contribution is 2.03.